The van der Waals surface area contributed by atoms with Crippen LogP contribution in [0.3, 0.4) is 0 Å². The van der Waals surface area contributed by atoms with E-state index >= 15 is 0 Å². The first-order valence-corrected chi connectivity index (χ1v) is 2.41. The third kappa shape index (κ3) is 6.54. The average molecular weight is 228 g/mol. The number of halogens is 2. The Morgan fingerprint density at radius 3 is 1.50 bits per heavy atom. The van der Waals surface area contributed by atoms with E-state index in [0.29, 0.717) is 0 Å². The summed E-state index contributed by atoms with van der Waals surface area (Å²) in [5.41, 5.74) is 1.32. The van der Waals surface area contributed by atoms with Crippen molar-refractivity contribution in [3.8, 4) is 0 Å². The molecular weight excluding hydrogens is 220 g/mol. The van der Waals surface area contributed by atoms with E-state index in [0.717, 1.165) is 0 Å². The van der Waals surface area contributed by atoms with Gasteiger partial charge in [0.25, 0.3) is 0 Å². The van der Waals surface area contributed by atoms with E-state index in [1.165, 1.54) is 5.56 Å². The first-order valence-electron chi connectivity index (χ1n) is 2.41. The number of hydrogen-bond donors (Lipinski definition) is 0. The number of benzene rings is 1. The van der Waals surface area contributed by atoms with Gasteiger partial charge in [0.05, 0.1) is 0 Å². The fourth-order valence-corrected chi connectivity index (χ4v) is 0.534. The maximum Gasteiger partial charge on any atom is 2.00 e. The SMILES string of the molecule is Cc1ccccc1.[Cl-].[Cl-].[Zn+2]. The second-order valence-electron chi connectivity index (χ2n) is 1.65. The largest absolute Gasteiger partial charge is 2.00 e. The van der Waals surface area contributed by atoms with Crippen LogP contribution in [0.15, 0.2) is 30.3 Å². The molecule has 0 atom stereocenters. The molecule has 0 nitrogen and oxygen atoms in total. The van der Waals surface area contributed by atoms with Crippen LogP contribution in [0, 0.1) is 6.92 Å². The van der Waals surface area contributed by atoms with E-state index in [4.69, 9.17) is 0 Å². The van der Waals surface area contributed by atoms with Crippen LogP contribution in [0.4, 0.5) is 0 Å². The second kappa shape index (κ2) is 9.42. The van der Waals surface area contributed by atoms with Crippen molar-refractivity contribution in [1.82, 2.24) is 0 Å². The Bertz CT molecular complexity index is 142. The average Bonchev–Trinajstić information content (AvgIpc) is 1.69. The van der Waals surface area contributed by atoms with Crippen LogP contribution in [0.25, 0.3) is 0 Å². The predicted octanol–water partition coefficient (Wildman–Crippen LogP) is -4.00. The summed E-state index contributed by atoms with van der Waals surface area (Å²) in [5, 5.41) is 0. The van der Waals surface area contributed by atoms with Crippen LogP contribution in [0.5, 0.6) is 0 Å². The van der Waals surface area contributed by atoms with E-state index in [2.05, 4.69) is 19.1 Å². The zero-order valence-electron chi connectivity index (χ0n) is 5.85. The third-order valence-electron chi connectivity index (χ3n) is 0.940. The van der Waals surface area contributed by atoms with Crippen molar-refractivity contribution in [1.29, 1.82) is 0 Å². The molecular formula is C7H8Cl2Zn. The van der Waals surface area contributed by atoms with Gasteiger partial charge in [-0.1, -0.05) is 35.9 Å². The summed E-state index contributed by atoms with van der Waals surface area (Å²) in [6.07, 6.45) is 0. The quantitative estimate of drug-likeness (QED) is 0.397. The smallest absolute Gasteiger partial charge is 1.00 e. The van der Waals surface area contributed by atoms with E-state index < -0.39 is 0 Å². The second-order valence-corrected chi connectivity index (χ2v) is 1.65. The molecule has 0 aliphatic carbocycles. The molecule has 1 aromatic carbocycles. The molecule has 10 heavy (non-hydrogen) atoms. The van der Waals surface area contributed by atoms with Crippen LogP contribution in [-0.4, -0.2) is 0 Å². The van der Waals surface area contributed by atoms with Crippen molar-refractivity contribution in [2.24, 2.45) is 0 Å². The van der Waals surface area contributed by atoms with E-state index in [9.17, 15) is 0 Å². The third-order valence-corrected chi connectivity index (χ3v) is 0.940. The first kappa shape index (κ1) is 16.8. The van der Waals surface area contributed by atoms with Gasteiger partial charge >= 0.3 is 19.5 Å². The van der Waals surface area contributed by atoms with Gasteiger partial charge in [-0.3, -0.25) is 0 Å². The minimum absolute atomic E-state index is 0. The van der Waals surface area contributed by atoms with Crippen molar-refractivity contribution >= 4 is 0 Å². The fraction of sp³-hybridized carbons (Fsp3) is 0.143. The number of rotatable bonds is 0. The number of aryl methyl sites for hydroxylation is 1. The monoisotopic (exact) mass is 226 g/mol. The van der Waals surface area contributed by atoms with Crippen LogP contribution in [0.1, 0.15) is 5.56 Å². The molecule has 1 rings (SSSR count). The number of hydrogen-bond acceptors (Lipinski definition) is 0. The Morgan fingerprint density at radius 1 is 0.900 bits per heavy atom. The van der Waals surface area contributed by atoms with Gasteiger partial charge in [0.15, 0.2) is 0 Å². The van der Waals surface area contributed by atoms with Gasteiger partial charge in [-0.05, 0) is 6.92 Å². The standard InChI is InChI=1S/C7H8.2ClH.Zn/c1-7-5-3-2-4-6-7;;;/h2-6H,1H3;2*1H;/q;;;+2/p-2. The minimum atomic E-state index is 0. The van der Waals surface area contributed by atoms with Crippen molar-refractivity contribution in [2.45, 2.75) is 6.92 Å². The normalized spacial score (nSPS) is 6.10. The molecule has 0 amide bonds. The zero-order chi connectivity index (χ0) is 5.11. The molecule has 0 aliphatic heterocycles. The molecule has 0 radical (unpaired) electrons. The molecule has 0 saturated heterocycles. The molecule has 0 aliphatic rings. The predicted molar refractivity (Wildman–Crippen MR) is 31.2 cm³/mol. The van der Waals surface area contributed by atoms with Gasteiger partial charge in [0.2, 0.25) is 0 Å². The molecule has 1 aromatic rings. The molecule has 0 heterocycles. The van der Waals surface area contributed by atoms with Crippen molar-refractivity contribution in [3.63, 3.8) is 0 Å². The minimum Gasteiger partial charge on any atom is -1.00 e. The summed E-state index contributed by atoms with van der Waals surface area (Å²) in [5.74, 6) is 0. The summed E-state index contributed by atoms with van der Waals surface area (Å²) in [6.45, 7) is 2.08. The van der Waals surface area contributed by atoms with Crippen LogP contribution in [0.2, 0.25) is 0 Å². The van der Waals surface area contributed by atoms with E-state index in [1.807, 2.05) is 18.2 Å². The van der Waals surface area contributed by atoms with Crippen LogP contribution in [-0.2, 0) is 19.5 Å². The van der Waals surface area contributed by atoms with Gasteiger partial charge in [-0.2, -0.15) is 0 Å². The molecule has 0 bridgehead atoms. The molecule has 0 spiro atoms. The van der Waals surface area contributed by atoms with Crippen molar-refractivity contribution in [3.05, 3.63) is 35.9 Å². The Morgan fingerprint density at radius 2 is 1.30 bits per heavy atom. The van der Waals surface area contributed by atoms with Gasteiger partial charge in [0, 0.05) is 0 Å². The van der Waals surface area contributed by atoms with Crippen LogP contribution < -0.4 is 24.8 Å². The fourth-order valence-electron chi connectivity index (χ4n) is 0.534. The summed E-state index contributed by atoms with van der Waals surface area (Å²) >= 11 is 0. The van der Waals surface area contributed by atoms with E-state index in [1.54, 1.807) is 0 Å². The van der Waals surface area contributed by atoms with Gasteiger partial charge in [-0.25, -0.2) is 0 Å². The van der Waals surface area contributed by atoms with Gasteiger partial charge in [-0.15, -0.1) is 0 Å². The summed E-state index contributed by atoms with van der Waals surface area (Å²) in [7, 11) is 0. The van der Waals surface area contributed by atoms with Gasteiger partial charge < -0.3 is 24.8 Å². The molecule has 0 N–H and O–H groups in total. The summed E-state index contributed by atoms with van der Waals surface area (Å²) in [6, 6.07) is 10.3. The molecule has 0 fully saturated rings. The molecule has 3 heteroatoms. The van der Waals surface area contributed by atoms with E-state index in [-0.39, 0.29) is 44.3 Å². The summed E-state index contributed by atoms with van der Waals surface area (Å²) < 4.78 is 0. The Hall–Kier alpha value is 0.423. The zero-order valence-corrected chi connectivity index (χ0v) is 10.3. The molecule has 52 valence electrons. The molecule has 0 saturated carbocycles. The Labute approximate surface area is 87.0 Å². The van der Waals surface area contributed by atoms with Gasteiger partial charge in [0.1, 0.15) is 0 Å². The van der Waals surface area contributed by atoms with Crippen LogP contribution >= 0.6 is 0 Å². The summed E-state index contributed by atoms with van der Waals surface area (Å²) in [4.78, 5) is 0. The molecule has 0 unspecified atom stereocenters. The Balaban J connectivity index is -0.000000163. The van der Waals surface area contributed by atoms with Crippen molar-refractivity contribution < 1.29 is 44.3 Å². The maximum atomic E-state index is 2.08. The maximum absolute atomic E-state index is 2.08. The topological polar surface area (TPSA) is 0 Å². The Kier molecular flexibility index (Phi) is 15.8. The van der Waals surface area contributed by atoms with Crippen molar-refractivity contribution in [2.75, 3.05) is 0 Å². The first-order chi connectivity index (χ1) is 3.39. The molecule has 0 aromatic heterocycles.